The number of phenols is 1. The van der Waals surface area contributed by atoms with Crippen molar-refractivity contribution in [2.45, 2.75) is 85.2 Å². The standard InChI is InChI=1S/C22H34O5/c1-8-9-10-15(19(24)25)20(26)27-13-14-11-16(21(2,3)4)18(23)17(12-14)22(5,6)7/h11-12,15,23H,8-10,13H2,1-7H3,(H,24,25). The van der Waals surface area contributed by atoms with Crippen molar-refractivity contribution in [2.75, 3.05) is 0 Å². The SMILES string of the molecule is CCCCC(C(=O)O)C(=O)OCc1cc(C(C)(C)C)c(O)c(C(C)(C)C)c1. The molecule has 27 heavy (non-hydrogen) atoms. The molecular formula is C22H34O5. The summed E-state index contributed by atoms with van der Waals surface area (Å²) in [6, 6.07) is 3.67. The van der Waals surface area contributed by atoms with Gasteiger partial charge in [0.2, 0.25) is 0 Å². The first-order valence-corrected chi connectivity index (χ1v) is 9.55. The third-order valence-corrected chi connectivity index (χ3v) is 4.60. The van der Waals surface area contributed by atoms with Gasteiger partial charge in [0.15, 0.2) is 5.92 Å². The quantitative estimate of drug-likeness (QED) is 0.519. The molecule has 1 aromatic rings. The summed E-state index contributed by atoms with van der Waals surface area (Å²) in [7, 11) is 0. The summed E-state index contributed by atoms with van der Waals surface area (Å²) in [5, 5.41) is 20.0. The minimum atomic E-state index is -1.15. The number of unbranched alkanes of at least 4 members (excludes halogenated alkanes) is 1. The first-order chi connectivity index (χ1) is 12.3. The predicted molar refractivity (Wildman–Crippen MR) is 106 cm³/mol. The molecule has 0 heterocycles. The zero-order valence-corrected chi connectivity index (χ0v) is 17.7. The molecule has 0 saturated heterocycles. The van der Waals surface area contributed by atoms with Crippen LogP contribution in [0, 0.1) is 5.92 Å². The maximum absolute atomic E-state index is 12.2. The smallest absolute Gasteiger partial charge is 0.320 e. The Labute approximate surface area is 162 Å². The summed E-state index contributed by atoms with van der Waals surface area (Å²) in [6.45, 7) is 14.0. The first kappa shape index (κ1) is 23.0. The van der Waals surface area contributed by atoms with Crippen LogP contribution in [0.2, 0.25) is 0 Å². The van der Waals surface area contributed by atoms with E-state index >= 15 is 0 Å². The van der Waals surface area contributed by atoms with Gasteiger partial charge >= 0.3 is 11.9 Å². The predicted octanol–water partition coefficient (Wildman–Crippen LogP) is 4.92. The Balaban J connectivity index is 3.13. The van der Waals surface area contributed by atoms with Gasteiger partial charge in [-0.25, -0.2) is 0 Å². The Kier molecular flexibility index (Phi) is 7.47. The van der Waals surface area contributed by atoms with E-state index in [-0.39, 0.29) is 29.6 Å². The van der Waals surface area contributed by atoms with Gasteiger partial charge in [-0.3, -0.25) is 9.59 Å². The zero-order valence-electron chi connectivity index (χ0n) is 17.7. The first-order valence-electron chi connectivity index (χ1n) is 9.55. The maximum atomic E-state index is 12.2. The molecule has 1 atom stereocenters. The highest BCUT2D eigenvalue weighted by Crippen LogP contribution is 2.39. The molecule has 0 fully saturated rings. The van der Waals surface area contributed by atoms with Crippen molar-refractivity contribution in [1.29, 1.82) is 0 Å². The number of phenolic OH excluding ortho intramolecular Hbond substituents is 1. The normalized spacial score (nSPS) is 13.3. The fourth-order valence-electron chi connectivity index (χ4n) is 2.93. The molecule has 0 saturated carbocycles. The number of hydrogen-bond donors (Lipinski definition) is 2. The van der Waals surface area contributed by atoms with Crippen molar-refractivity contribution < 1.29 is 24.5 Å². The molecule has 5 nitrogen and oxygen atoms in total. The number of aliphatic carboxylic acids is 1. The lowest BCUT2D eigenvalue weighted by Gasteiger charge is -2.28. The van der Waals surface area contributed by atoms with E-state index in [1.807, 2.05) is 60.6 Å². The molecule has 0 aliphatic carbocycles. The number of rotatable bonds is 7. The lowest BCUT2D eigenvalue weighted by molar-refractivity contribution is -0.160. The van der Waals surface area contributed by atoms with E-state index in [1.165, 1.54) is 0 Å². The van der Waals surface area contributed by atoms with Crippen molar-refractivity contribution >= 4 is 11.9 Å². The van der Waals surface area contributed by atoms with E-state index in [2.05, 4.69) is 0 Å². The second-order valence-corrected chi connectivity index (χ2v) is 9.18. The lowest BCUT2D eigenvalue weighted by atomic mass is 9.78. The molecule has 1 unspecified atom stereocenters. The number of benzene rings is 1. The number of carbonyl (C=O) groups excluding carboxylic acids is 1. The van der Waals surface area contributed by atoms with E-state index in [0.29, 0.717) is 6.42 Å². The highest BCUT2D eigenvalue weighted by atomic mass is 16.5. The average molecular weight is 379 g/mol. The number of carboxylic acid groups (broad SMARTS) is 1. The molecule has 1 rings (SSSR count). The van der Waals surface area contributed by atoms with Crippen molar-refractivity contribution in [1.82, 2.24) is 0 Å². The molecule has 5 heteroatoms. The number of hydrogen-bond acceptors (Lipinski definition) is 4. The van der Waals surface area contributed by atoms with E-state index in [1.54, 1.807) is 0 Å². The van der Waals surface area contributed by atoms with Gasteiger partial charge in [0.25, 0.3) is 0 Å². The van der Waals surface area contributed by atoms with Crippen LogP contribution in [0.3, 0.4) is 0 Å². The van der Waals surface area contributed by atoms with Crippen molar-refractivity contribution in [3.8, 4) is 5.75 Å². The van der Waals surface area contributed by atoms with E-state index in [9.17, 15) is 19.8 Å². The van der Waals surface area contributed by atoms with Gasteiger partial charge < -0.3 is 14.9 Å². The van der Waals surface area contributed by atoms with Crippen LogP contribution in [0.1, 0.15) is 84.4 Å². The number of esters is 1. The summed E-state index contributed by atoms with van der Waals surface area (Å²) in [5.74, 6) is -2.73. The Morgan fingerprint density at radius 1 is 1.04 bits per heavy atom. The molecule has 0 aromatic heterocycles. The van der Waals surface area contributed by atoms with Gasteiger partial charge in [0.05, 0.1) is 0 Å². The summed E-state index contributed by atoms with van der Waals surface area (Å²) in [6.07, 6.45) is 1.76. The van der Waals surface area contributed by atoms with Gasteiger partial charge in [0.1, 0.15) is 12.4 Å². The fourth-order valence-corrected chi connectivity index (χ4v) is 2.93. The molecule has 0 aliphatic heterocycles. The van der Waals surface area contributed by atoms with Crippen LogP contribution in [0.15, 0.2) is 12.1 Å². The Morgan fingerprint density at radius 2 is 1.52 bits per heavy atom. The van der Waals surface area contributed by atoms with Gasteiger partial charge in [-0.2, -0.15) is 0 Å². The number of aromatic hydroxyl groups is 1. The van der Waals surface area contributed by atoms with Crippen molar-refractivity contribution in [2.24, 2.45) is 5.92 Å². The Bertz CT molecular complexity index is 642. The zero-order chi connectivity index (χ0) is 21.0. The molecule has 0 bridgehead atoms. The fraction of sp³-hybridized carbons (Fsp3) is 0.636. The summed E-state index contributed by atoms with van der Waals surface area (Å²) < 4.78 is 5.32. The summed E-state index contributed by atoms with van der Waals surface area (Å²) in [5.41, 5.74) is 1.74. The maximum Gasteiger partial charge on any atom is 0.320 e. The van der Waals surface area contributed by atoms with Crippen LogP contribution in [0.25, 0.3) is 0 Å². The molecular weight excluding hydrogens is 344 g/mol. The van der Waals surface area contributed by atoms with Crippen LogP contribution in [0.5, 0.6) is 5.75 Å². The second kappa shape index (κ2) is 8.77. The lowest BCUT2D eigenvalue weighted by Crippen LogP contribution is -2.26. The Hall–Kier alpha value is -2.04. The van der Waals surface area contributed by atoms with Crippen molar-refractivity contribution in [3.63, 3.8) is 0 Å². The number of carbonyl (C=O) groups is 2. The van der Waals surface area contributed by atoms with Gasteiger partial charge in [-0.1, -0.05) is 61.3 Å². The topological polar surface area (TPSA) is 83.8 Å². The molecule has 0 radical (unpaired) electrons. The molecule has 0 spiro atoms. The summed E-state index contributed by atoms with van der Waals surface area (Å²) >= 11 is 0. The minimum Gasteiger partial charge on any atom is -0.507 e. The third kappa shape index (κ3) is 6.26. The van der Waals surface area contributed by atoms with Crippen LogP contribution >= 0.6 is 0 Å². The van der Waals surface area contributed by atoms with Crippen LogP contribution < -0.4 is 0 Å². The van der Waals surface area contributed by atoms with Gasteiger partial charge in [-0.05, 0) is 46.1 Å². The van der Waals surface area contributed by atoms with Crippen molar-refractivity contribution in [3.05, 3.63) is 28.8 Å². The molecule has 0 aliphatic rings. The summed E-state index contributed by atoms with van der Waals surface area (Å²) in [4.78, 5) is 23.6. The van der Waals surface area contributed by atoms with Crippen LogP contribution in [-0.4, -0.2) is 22.2 Å². The second-order valence-electron chi connectivity index (χ2n) is 9.18. The molecule has 152 valence electrons. The monoisotopic (exact) mass is 378 g/mol. The average Bonchev–Trinajstić information content (AvgIpc) is 2.51. The molecule has 0 amide bonds. The highest BCUT2D eigenvalue weighted by Gasteiger charge is 2.29. The van der Waals surface area contributed by atoms with Crippen LogP contribution in [0.4, 0.5) is 0 Å². The molecule has 2 N–H and O–H groups in total. The molecule has 1 aromatic carbocycles. The van der Waals surface area contributed by atoms with Crippen LogP contribution in [-0.2, 0) is 31.8 Å². The Morgan fingerprint density at radius 3 is 1.89 bits per heavy atom. The largest absolute Gasteiger partial charge is 0.507 e. The minimum absolute atomic E-state index is 0.0127. The van der Waals surface area contributed by atoms with E-state index in [4.69, 9.17) is 4.74 Å². The number of ether oxygens (including phenoxy) is 1. The van der Waals surface area contributed by atoms with E-state index in [0.717, 1.165) is 23.1 Å². The van der Waals surface area contributed by atoms with E-state index < -0.39 is 17.9 Å². The third-order valence-electron chi connectivity index (χ3n) is 4.60. The van der Waals surface area contributed by atoms with Gasteiger partial charge in [-0.15, -0.1) is 0 Å². The highest BCUT2D eigenvalue weighted by molar-refractivity contribution is 5.93. The number of carboxylic acids is 1. The van der Waals surface area contributed by atoms with Gasteiger partial charge in [0, 0.05) is 0 Å².